The van der Waals surface area contributed by atoms with Gasteiger partial charge in [0.15, 0.2) is 11.6 Å². The lowest BCUT2D eigenvalue weighted by Crippen LogP contribution is -2.34. The molecule has 0 radical (unpaired) electrons. The average molecular weight is 449 g/mol. The van der Waals surface area contributed by atoms with Gasteiger partial charge in [0.1, 0.15) is 23.8 Å². The topological polar surface area (TPSA) is 123 Å². The van der Waals surface area contributed by atoms with E-state index in [0.717, 1.165) is 22.5 Å². The summed E-state index contributed by atoms with van der Waals surface area (Å²) in [6, 6.07) is 7.59. The van der Waals surface area contributed by atoms with Crippen molar-refractivity contribution in [1.29, 1.82) is 0 Å². The summed E-state index contributed by atoms with van der Waals surface area (Å²) in [6.45, 7) is 7.73. The minimum Gasteiger partial charge on any atom is -0.495 e. The Labute approximate surface area is 192 Å². The number of aryl methyl sites for hydroxylation is 2. The summed E-state index contributed by atoms with van der Waals surface area (Å²) in [5.41, 5.74) is 2.61. The van der Waals surface area contributed by atoms with Crippen LogP contribution in [-0.4, -0.2) is 48.2 Å². The number of aromatic nitrogens is 6. The maximum Gasteiger partial charge on any atom is 0.227 e. The van der Waals surface area contributed by atoms with Gasteiger partial charge in [0.25, 0.3) is 0 Å². The number of nitrogens with zero attached hydrogens (tertiary/aromatic N) is 6. The number of fused-ring (bicyclic) bond motifs is 1. The standard InChI is InChI=1S/C23H28N8O2/c1-13-9-15-11-24-22(28-18(15)19(26-13)29-21(32)23(2,3)4)27-16-8-7-14(10-17(16)33-6)20-30-25-12-31(20)5/h7-12,21,32H,1-6H3,(H,26,29)(H,24,27,28). The van der Waals surface area contributed by atoms with Gasteiger partial charge >= 0.3 is 0 Å². The molecule has 10 heteroatoms. The smallest absolute Gasteiger partial charge is 0.227 e. The third kappa shape index (κ3) is 4.70. The highest BCUT2D eigenvalue weighted by Gasteiger charge is 2.23. The molecule has 0 bridgehead atoms. The Hall–Kier alpha value is -3.79. The van der Waals surface area contributed by atoms with Gasteiger partial charge in [-0.25, -0.2) is 15.0 Å². The second-order valence-electron chi connectivity index (χ2n) is 8.96. The van der Waals surface area contributed by atoms with E-state index in [-0.39, 0.29) is 5.41 Å². The van der Waals surface area contributed by atoms with Gasteiger partial charge in [-0.05, 0) is 31.2 Å². The van der Waals surface area contributed by atoms with Gasteiger partial charge in [-0.2, -0.15) is 0 Å². The molecule has 10 nitrogen and oxygen atoms in total. The Morgan fingerprint density at radius 1 is 1.15 bits per heavy atom. The fraction of sp³-hybridized carbons (Fsp3) is 0.348. The van der Waals surface area contributed by atoms with E-state index >= 15 is 0 Å². The van der Waals surface area contributed by atoms with Crippen LogP contribution in [0.2, 0.25) is 0 Å². The minimum absolute atomic E-state index is 0.371. The fourth-order valence-corrected chi connectivity index (χ4v) is 3.28. The van der Waals surface area contributed by atoms with Crippen LogP contribution in [-0.2, 0) is 7.05 Å². The van der Waals surface area contributed by atoms with Crippen molar-refractivity contribution >= 4 is 28.4 Å². The van der Waals surface area contributed by atoms with Crippen molar-refractivity contribution in [3.8, 4) is 17.1 Å². The molecule has 0 saturated heterocycles. The number of methoxy groups -OCH3 is 1. The van der Waals surface area contributed by atoms with Crippen molar-refractivity contribution in [2.45, 2.75) is 33.9 Å². The Morgan fingerprint density at radius 2 is 1.94 bits per heavy atom. The molecule has 0 fully saturated rings. The highest BCUT2D eigenvalue weighted by Crippen LogP contribution is 2.32. The molecule has 0 saturated carbocycles. The lowest BCUT2D eigenvalue weighted by molar-refractivity contribution is 0.0878. The summed E-state index contributed by atoms with van der Waals surface area (Å²) < 4.78 is 7.42. The highest BCUT2D eigenvalue weighted by atomic mass is 16.5. The van der Waals surface area contributed by atoms with E-state index in [4.69, 9.17) is 4.74 Å². The molecule has 1 unspecified atom stereocenters. The first kappa shape index (κ1) is 22.4. The average Bonchev–Trinajstić information content (AvgIpc) is 3.19. The number of hydrogen-bond acceptors (Lipinski definition) is 9. The van der Waals surface area contributed by atoms with E-state index in [0.29, 0.717) is 28.7 Å². The lowest BCUT2D eigenvalue weighted by atomic mass is 9.94. The number of nitrogens with one attached hydrogen (secondary N) is 2. The summed E-state index contributed by atoms with van der Waals surface area (Å²) in [7, 11) is 3.49. The summed E-state index contributed by atoms with van der Waals surface area (Å²) in [6.07, 6.45) is 2.58. The zero-order valence-electron chi connectivity index (χ0n) is 19.6. The van der Waals surface area contributed by atoms with E-state index in [9.17, 15) is 5.11 Å². The van der Waals surface area contributed by atoms with Crippen molar-refractivity contribution < 1.29 is 9.84 Å². The van der Waals surface area contributed by atoms with Gasteiger partial charge < -0.3 is 25.0 Å². The second kappa shape index (κ2) is 8.62. The monoisotopic (exact) mass is 448 g/mol. The first-order chi connectivity index (χ1) is 15.7. The molecule has 4 aromatic rings. The Morgan fingerprint density at radius 3 is 2.61 bits per heavy atom. The van der Waals surface area contributed by atoms with Crippen LogP contribution in [0.5, 0.6) is 5.75 Å². The molecule has 4 rings (SSSR count). The summed E-state index contributed by atoms with van der Waals surface area (Å²) in [5.74, 6) is 2.23. The molecule has 3 N–H and O–H groups in total. The van der Waals surface area contributed by atoms with Crippen molar-refractivity contribution in [2.24, 2.45) is 12.5 Å². The first-order valence-corrected chi connectivity index (χ1v) is 10.5. The van der Waals surface area contributed by atoms with E-state index in [1.807, 2.05) is 63.6 Å². The summed E-state index contributed by atoms with van der Waals surface area (Å²) in [5, 5.41) is 25.8. The zero-order chi connectivity index (χ0) is 23.8. The zero-order valence-corrected chi connectivity index (χ0v) is 19.6. The van der Waals surface area contributed by atoms with Gasteiger partial charge in [0, 0.05) is 35.3 Å². The van der Waals surface area contributed by atoms with Crippen LogP contribution in [0.3, 0.4) is 0 Å². The molecule has 0 aliphatic heterocycles. The fourth-order valence-electron chi connectivity index (χ4n) is 3.28. The number of rotatable bonds is 6. The molecule has 0 aliphatic rings. The number of hydrogen-bond donors (Lipinski definition) is 3. The quantitative estimate of drug-likeness (QED) is 0.379. The number of ether oxygens (including phenoxy) is 1. The molecule has 33 heavy (non-hydrogen) atoms. The van der Waals surface area contributed by atoms with Gasteiger partial charge in [-0.15, -0.1) is 10.2 Å². The number of pyridine rings is 1. The molecule has 1 aromatic carbocycles. The maximum absolute atomic E-state index is 10.5. The largest absolute Gasteiger partial charge is 0.495 e. The number of aliphatic hydroxyl groups is 1. The van der Waals surface area contributed by atoms with E-state index in [1.165, 1.54) is 0 Å². The second-order valence-corrected chi connectivity index (χ2v) is 8.96. The predicted octanol–water partition coefficient (Wildman–Crippen LogP) is 3.66. The van der Waals surface area contributed by atoms with E-state index < -0.39 is 6.23 Å². The van der Waals surface area contributed by atoms with Gasteiger partial charge in [-0.1, -0.05) is 20.8 Å². The predicted molar refractivity (Wildman–Crippen MR) is 127 cm³/mol. The lowest BCUT2D eigenvalue weighted by Gasteiger charge is -2.27. The Balaban J connectivity index is 1.68. The highest BCUT2D eigenvalue weighted by molar-refractivity contribution is 5.89. The SMILES string of the molecule is COc1cc(-c2nncn2C)ccc1Nc1ncc2cc(C)nc(NC(O)C(C)(C)C)c2n1. The molecular weight excluding hydrogens is 420 g/mol. The van der Waals surface area contributed by atoms with Crippen LogP contribution in [0.15, 0.2) is 36.8 Å². The third-order valence-corrected chi connectivity index (χ3v) is 5.21. The molecule has 172 valence electrons. The Kier molecular flexibility index (Phi) is 5.86. The van der Waals surface area contributed by atoms with Gasteiger partial charge in [0.2, 0.25) is 5.95 Å². The summed E-state index contributed by atoms with van der Waals surface area (Å²) >= 11 is 0. The van der Waals surface area contributed by atoms with E-state index in [1.54, 1.807) is 19.6 Å². The van der Waals surface area contributed by atoms with Crippen LogP contribution >= 0.6 is 0 Å². The molecule has 0 amide bonds. The normalized spacial score (nSPS) is 12.6. The minimum atomic E-state index is -0.797. The van der Waals surface area contributed by atoms with E-state index in [2.05, 4.69) is 35.8 Å². The summed E-state index contributed by atoms with van der Waals surface area (Å²) in [4.78, 5) is 13.7. The first-order valence-electron chi connectivity index (χ1n) is 10.5. The molecule has 3 aromatic heterocycles. The van der Waals surface area contributed by atoms with Crippen molar-refractivity contribution in [2.75, 3.05) is 17.7 Å². The number of aliphatic hydroxyl groups excluding tert-OH is 1. The third-order valence-electron chi connectivity index (χ3n) is 5.21. The van der Waals surface area contributed by atoms with Crippen LogP contribution in [0.25, 0.3) is 22.3 Å². The van der Waals surface area contributed by atoms with Crippen molar-refractivity contribution in [3.63, 3.8) is 0 Å². The van der Waals surface area contributed by atoms with Gasteiger partial charge in [-0.3, -0.25) is 0 Å². The maximum atomic E-state index is 10.5. The van der Waals surface area contributed by atoms with Crippen molar-refractivity contribution in [3.05, 3.63) is 42.5 Å². The molecule has 3 heterocycles. The Bertz CT molecular complexity index is 1300. The molecular formula is C23H28N8O2. The van der Waals surface area contributed by atoms with Crippen LogP contribution in [0, 0.1) is 12.3 Å². The van der Waals surface area contributed by atoms with Crippen molar-refractivity contribution in [1.82, 2.24) is 29.7 Å². The molecule has 1 atom stereocenters. The van der Waals surface area contributed by atoms with Crippen LogP contribution in [0.1, 0.15) is 26.5 Å². The number of benzene rings is 1. The molecule has 0 aliphatic carbocycles. The van der Waals surface area contributed by atoms with Gasteiger partial charge in [0.05, 0.1) is 12.8 Å². The molecule has 0 spiro atoms. The van der Waals surface area contributed by atoms with Crippen LogP contribution in [0.4, 0.5) is 17.5 Å². The number of anilines is 3. The van der Waals surface area contributed by atoms with Crippen LogP contribution < -0.4 is 15.4 Å².